The second-order valence-corrected chi connectivity index (χ2v) is 7.87. The fourth-order valence-corrected chi connectivity index (χ4v) is 4.01. The van der Waals surface area contributed by atoms with Crippen molar-refractivity contribution >= 4 is 16.9 Å². The van der Waals surface area contributed by atoms with Crippen molar-refractivity contribution in [3.63, 3.8) is 0 Å². The Morgan fingerprint density at radius 1 is 1.31 bits per heavy atom. The van der Waals surface area contributed by atoms with Gasteiger partial charge in [-0.2, -0.15) is 0 Å². The summed E-state index contributed by atoms with van der Waals surface area (Å²) >= 11 is 0. The summed E-state index contributed by atoms with van der Waals surface area (Å²) in [5, 5.41) is 4.37. The fraction of sp³-hybridized carbons (Fsp3) is 0.571. The van der Waals surface area contributed by atoms with Crippen molar-refractivity contribution in [2.75, 3.05) is 19.6 Å². The van der Waals surface area contributed by atoms with E-state index in [2.05, 4.69) is 46.4 Å². The summed E-state index contributed by atoms with van der Waals surface area (Å²) in [6.07, 6.45) is 7.88. The van der Waals surface area contributed by atoms with Gasteiger partial charge in [0, 0.05) is 36.9 Å². The Bertz CT molecular complexity index is 745. The maximum Gasteiger partial charge on any atom is 0.317 e. The van der Waals surface area contributed by atoms with E-state index in [0.717, 1.165) is 31.3 Å². The summed E-state index contributed by atoms with van der Waals surface area (Å²) in [4.78, 5) is 20.5. The van der Waals surface area contributed by atoms with Crippen LogP contribution in [0.2, 0.25) is 0 Å². The molecule has 2 N–H and O–H groups in total. The predicted octanol–water partition coefficient (Wildman–Crippen LogP) is 3.72. The van der Waals surface area contributed by atoms with E-state index < -0.39 is 0 Å². The van der Waals surface area contributed by atoms with E-state index >= 15 is 0 Å². The van der Waals surface area contributed by atoms with Crippen LogP contribution in [0.15, 0.2) is 30.5 Å². The lowest BCUT2D eigenvalue weighted by atomic mass is 10.1. The van der Waals surface area contributed by atoms with Crippen molar-refractivity contribution in [2.24, 2.45) is 0 Å². The first kappa shape index (κ1) is 17.4. The summed E-state index contributed by atoms with van der Waals surface area (Å²) in [6, 6.07) is 9.55. The molecule has 2 heterocycles. The average molecular weight is 354 g/mol. The number of likely N-dealkylation sites (tertiary alicyclic amines) is 1. The number of urea groups is 1. The largest absolute Gasteiger partial charge is 0.361 e. The van der Waals surface area contributed by atoms with E-state index in [1.807, 2.05) is 11.1 Å². The van der Waals surface area contributed by atoms with Crippen LogP contribution in [0.4, 0.5) is 4.79 Å². The van der Waals surface area contributed by atoms with Crippen LogP contribution in [0.5, 0.6) is 0 Å². The van der Waals surface area contributed by atoms with Gasteiger partial charge in [-0.15, -0.1) is 0 Å². The molecular weight excluding hydrogens is 324 g/mol. The molecule has 1 saturated heterocycles. The van der Waals surface area contributed by atoms with Gasteiger partial charge in [0.15, 0.2) is 0 Å². The van der Waals surface area contributed by atoms with Gasteiger partial charge in [-0.25, -0.2) is 4.79 Å². The van der Waals surface area contributed by atoms with E-state index in [4.69, 9.17) is 0 Å². The maximum atomic E-state index is 12.7. The SMILES string of the molecule is CC(CCNC(=O)N(Cc1ccc2[nH]ccc2c1)C1CC1)N1CCCC1. The van der Waals surface area contributed by atoms with Gasteiger partial charge >= 0.3 is 6.03 Å². The van der Waals surface area contributed by atoms with Crippen LogP contribution in [0.25, 0.3) is 10.9 Å². The number of nitrogens with one attached hydrogen (secondary N) is 2. The minimum absolute atomic E-state index is 0.0929. The standard InChI is InChI=1S/C21H30N4O/c1-16(24-12-2-3-13-24)8-10-23-21(26)25(19-5-6-19)15-17-4-7-20-18(14-17)9-11-22-20/h4,7,9,11,14,16,19,22H,2-3,5-6,8,10,12-13,15H2,1H3,(H,23,26). The molecule has 1 aromatic carbocycles. The van der Waals surface area contributed by atoms with Crippen LogP contribution in [-0.2, 0) is 6.54 Å². The van der Waals surface area contributed by atoms with Crippen LogP contribution < -0.4 is 5.32 Å². The zero-order chi connectivity index (χ0) is 17.9. The molecule has 1 saturated carbocycles. The normalized spacial score (nSPS) is 19.0. The predicted molar refractivity (Wildman–Crippen MR) is 105 cm³/mol. The van der Waals surface area contributed by atoms with Crippen molar-refractivity contribution in [3.05, 3.63) is 36.0 Å². The number of carbonyl (C=O) groups is 1. The molecule has 2 aromatic rings. The third kappa shape index (κ3) is 4.04. The van der Waals surface area contributed by atoms with Crippen LogP contribution in [0, 0.1) is 0 Å². The lowest BCUT2D eigenvalue weighted by Gasteiger charge is -2.26. The number of hydrogen-bond acceptors (Lipinski definition) is 2. The number of nitrogens with zero attached hydrogens (tertiary/aromatic N) is 2. The second-order valence-electron chi connectivity index (χ2n) is 7.87. The molecule has 1 unspecified atom stereocenters. The van der Waals surface area contributed by atoms with Crippen molar-refractivity contribution < 1.29 is 4.79 Å². The lowest BCUT2D eigenvalue weighted by Crippen LogP contribution is -2.42. The maximum absolute atomic E-state index is 12.7. The molecule has 5 nitrogen and oxygen atoms in total. The monoisotopic (exact) mass is 354 g/mol. The molecule has 5 heteroatoms. The molecular formula is C21H30N4O. The van der Waals surface area contributed by atoms with E-state index in [9.17, 15) is 4.79 Å². The van der Waals surface area contributed by atoms with Gasteiger partial charge in [-0.3, -0.25) is 0 Å². The lowest BCUT2D eigenvalue weighted by molar-refractivity contribution is 0.189. The highest BCUT2D eigenvalue weighted by Crippen LogP contribution is 2.29. The number of benzene rings is 1. The number of rotatable bonds is 7. The van der Waals surface area contributed by atoms with E-state index in [-0.39, 0.29) is 6.03 Å². The molecule has 0 bridgehead atoms. The number of hydrogen-bond donors (Lipinski definition) is 2. The summed E-state index contributed by atoms with van der Waals surface area (Å²) in [7, 11) is 0. The quantitative estimate of drug-likeness (QED) is 0.796. The number of fused-ring (bicyclic) bond motifs is 1. The van der Waals surface area contributed by atoms with E-state index in [1.54, 1.807) is 0 Å². The summed E-state index contributed by atoms with van der Waals surface area (Å²) in [6.45, 7) is 6.16. The Labute approximate surface area is 155 Å². The van der Waals surface area contributed by atoms with Crippen molar-refractivity contribution in [3.8, 4) is 0 Å². The van der Waals surface area contributed by atoms with Crippen molar-refractivity contribution in [1.82, 2.24) is 20.1 Å². The Morgan fingerprint density at radius 3 is 2.88 bits per heavy atom. The number of aromatic nitrogens is 1. The molecule has 2 fully saturated rings. The first-order chi connectivity index (χ1) is 12.7. The van der Waals surface area contributed by atoms with Gasteiger partial charge in [0.1, 0.15) is 0 Å². The minimum atomic E-state index is 0.0929. The number of carbonyl (C=O) groups excluding carboxylic acids is 1. The Balaban J connectivity index is 1.31. The molecule has 26 heavy (non-hydrogen) atoms. The first-order valence-electron chi connectivity index (χ1n) is 10.1. The molecule has 1 aliphatic carbocycles. The summed E-state index contributed by atoms with van der Waals surface area (Å²) in [5.74, 6) is 0. The number of amides is 2. The summed E-state index contributed by atoms with van der Waals surface area (Å²) in [5.41, 5.74) is 2.34. The molecule has 2 aliphatic rings. The minimum Gasteiger partial charge on any atom is -0.361 e. The van der Waals surface area contributed by atoms with Gasteiger partial charge in [0.25, 0.3) is 0 Å². The number of aromatic amines is 1. The van der Waals surface area contributed by atoms with Gasteiger partial charge in [0.2, 0.25) is 0 Å². The first-order valence-corrected chi connectivity index (χ1v) is 10.1. The molecule has 140 valence electrons. The van der Waals surface area contributed by atoms with E-state index in [0.29, 0.717) is 18.6 Å². The molecule has 1 aromatic heterocycles. The van der Waals surface area contributed by atoms with Crippen LogP contribution >= 0.6 is 0 Å². The molecule has 4 rings (SSSR count). The van der Waals surface area contributed by atoms with Crippen LogP contribution in [-0.4, -0.2) is 52.5 Å². The fourth-order valence-electron chi connectivity index (χ4n) is 4.01. The molecule has 2 amide bonds. The van der Waals surface area contributed by atoms with Gasteiger partial charge in [0.05, 0.1) is 0 Å². The van der Waals surface area contributed by atoms with Crippen LogP contribution in [0.3, 0.4) is 0 Å². The zero-order valence-corrected chi connectivity index (χ0v) is 15.7. The smallest absolute Gasteiger partial charge is 0.317 e. The third-order valence-corrected chi connectivity index (χ3v) is 5.82. The molecule has 1 atom stereocenters. The Morgan fingerprint density at radius 2 is 2.12 bits per heavy atom. The zero-order valence-electron chi connectivity index (χ0n) is 15.7. The molecule has 1 aliphatic heterocycles. The topological polar surface area (TPSA) is 51.4 Å². The average Bonchev–Trinajstić information content (AvgIpc) is 3.14. The molecule has 0 spiro atoms. The molecule has 0 radical (unpaired) electrons. The Kier molecular flexibility index (Phi) is 5.16. The van der Waals surface area contributed by atoms with Gasteiger partial charge < -0.3 is 20.1 Å². The van der Waals surface area contributed by atoms with Crippen LogP contribution in [0.1, 0.15) is 44.6 Å². The van der Waals surface area contributed by atoms with Crippen molar-refractivity contribution in [1.29, 1.82) is 0 Å². The van der Waals surface area contributed by atoms with Crippen molar-refractivity contribution in [2.45, 2.75) is 57.7 Å². The van der Waals surface area contributed by atoms with E-state index in [1.165, 1.54) is 36.9 Å². The highest BCUT2D eigenvalue weighted by molar-refractivity contribution is 5.80. The highest BCUT2D eigenvalue weighted by atomic mass is 16.2. The third-order valence-electron chi connectivity index (χ3n) is 5.82. The van der Waals surface area contributed by atoms with Gasteiger partial charge in [-0.05, 0) is 81.3 Å². The van der Waals surface area contributed by atoms with Gasteiger partial charge in [-0.1, -0.05) is 6.07 Å². The summed E-state index contributed by atoms with van der Waals surface area (Å²) < 4.78 is 0. The number of H-pyrrole nitrogens is 1. The highest BCUT2D eigenvalue weighted by Gasteiger charge is 2.32. The second kappa shape index (κ2) is 7.70. The Hall–Kier alpha value is -2.01.